The molecular weight excluding hydrogens is 332 g/mol. The van der Waals surface area contributed by atoms with E-state index in [0.717, 1.165) is 18.5 Å². The van der Waals surface area contributed by atoms with Gasteiger partial charge in [-0.15, -0.1) is 5.10 Å². The molecule has 2 fully saturated rings. The molecule has 144 valence electrons. The molecule has 1 saturated carbocycles. The summed E-state index contributed by atoms with van der Waals surface area (Å²) in [6.07, 6.45) is 7.95. The minimum atomic E-state index is -0.569. The van der Waals surface area contributed by atoms with Gasteiger partial charge < -0.3 is 16.0 Å². The van der Waals surface area contributed by atoms with Gasteiger partial charge in [0.25, 0.3) is 0 Å². The number of rotatable bonds is 6. The zero-order valence-electron chi connectivity index (χ0n) is 15.9. The molecule has 2 aliphatic rings. The first-order valence-corrected chi connectivity index (χ1v) is 9.57. The predicted molar refractivity (Wildman–Crippen MR) is 97.3 cm³/mol. The molecule has 1 aliphatic heterocycles. The van der Waals surface area contributed by atoms with Crippen molar-refractivity contribution in [3.8, 4) is 0 Å². The van der Waals surface area contributed by atoms with Crippen LogP contribution in [0.1, 0.15) is 64.1 Å². The van der Waals surface area contributed by atoms with Gasteiger partial charge in [-0.2, -0.15) is 0 Å². The van der Waals surface area contributed by atoms with Gasteiger partial charge in [-0.25, -0.2) is 4.68 Å². The molecule has 2 atom stereocenters. The number of likely N-dealkylation sites (N-methyl/N-ethyl adjacent to an activating group) is 1. The highest BCUT2D eigenvalue weighted by molar-refractivity contribution is 5.81. The third-order valence-electron chi connectivity index (χ3n) is 5.60. The minimum absolute atomic E-state index is 0.00709. The normalized spacial score (nSPS) is 24.0. The number of hydrogen-bond acceptors (Lipinski definition) is 5. The lowest BCUT2D eigenvalue weighted by Crippen LogP contribution is -2.41. The van der Waals surface area contributed by atoms with E-state index in [0.29, 0.717) is 25.3 Å². The van der Waals surface area contributed by atoms with Gasteiger partial charge in [-0.3, -0.25) is 9.59 Å². The van der Waals surface area contributed by atoms with E-state index in [9.17, 15) is 9.59 Å². The standard InChI is InChI=1S/C18H30N6O2/c1-18(2,21-16(25)8-12-6-4-5-7-12)15-11-24(23-22-15)13-9-14(20-10-13)17(26)19-3/h11-14,20H,4-10H2,1-3H3,(H,19,26)(H,21,25)/t13-,14+/m1/s1. The molecule has 0 radical (unpaired) electrons. The van der Waals surface area contributed by atoms with Crippen molar-refractivity contribution in [2.24, 2.45) is 5.92 Å². The second kappa shape index (κ2) is 7.73. The quantitative estimate of drug-likeness (QED) is 0.697. The van der Waals surface area contributed by atoms with E-state index in [1.807, 2.05) is 20.0 Å². The third-order valence-corrected chi connectivity index (χ3v) is 5.60. The molecule has 1 aromatic rings. The third kappa shape index (κ3) is 4.23. The summed E-state index contributed by atoms with van der Waals surface area (Å²) < 4.78 is 1.80. The number of hydrogen-bond donors (Lipinski definition) is 3. The molecule has 8 heteroatoms. The fourth-order valence-corrected chi connectivity index (χ4v) is 3.97. The monoisotopic (exact) mass is 362 g/mol. The summed E-state index contributed by atoms with van der Waals surface area (Å²) in [5.41, 5.74) is 0.167. The molecule has 26 heavy (non-hydrogen) atoms. The molecule has 1 aliphatic carbocycles. The van der Waals surface area contributed by atoms with Gasteiger partial charge in [-0.05, 0) is 39.0 Å². The van der Waals surface area contributed by atoms with Crippen LogP contribution in [0.2, 0.25) is 0 Å². The van der Waals surface area contributed by atoms with Crippen LogP contribution in [0.3, 0.4) is 0 Å². The van der Waals surface area contributed by atoms with E-state index in [1.165, 1.54) is 12.8 Å². The van der Waals surface area contributed by atoms with Crippen molar-refractivity contribution in [1.29, 1.82) is 0 Å². The molecular formula is C18H30N6O2. The van der Waals surface area contributed by atoms with E-state index < -0.39 is 5.54 Å². The fraction of sp³-hybridized carbons (Fsp3) is 0.778. The minimum Gasteiger partial charge on any atom is -0.358 e. The van der Waals surface area contributed by atoms with Crippen molar-refractivity contribution in [3.05, 3.63) is 11.9 Å². The molecule has 2 amide bonds. The summed E-state index contributed by atoms with van der Waals surface area (Å²) in [6, 6.07) is -0.111. The van der Waals surface area contributed by atoms with Gasteiger partial charge in [0.15, 0.2) is 0 Å². The van der Waals surface area contributed by atoms with Crippen LogP contribution in [0.4, 0.5) is 0 Å². The van der Waals surface area contributed by atoms with Crippen LogP contribution in [-0.4, -0.2) is 46.4 Å². The summed E-state index contributed by atoms with van der Waals surface area (Å²) in [5.74, 6) is 0.596. The average molecular weight is 362 g/mol. The van der Waals surface area contributed by atoms with E-state index in [-0.39, 0.29) is 23.9 Å². The zero-order valence-corrected chi connectivity index (χ0v) is 15.9. The predicted octanol–water partition coefficient (Wildman–Crippen LogP) is 0.859. The topological polar surface area (TPSA) is 101 Å². The van der Waals surface area contributed by atoms with Crippen LogP contribution < -0.4 is 16.0 Å². The van der Waals surface area contributed by atoms with Gasteiger partial charge in [0.2, 0.25) is 11.8 Å². The van der Waals surface area contributed by atoms with Crippen LogP contribution in [0.5, 0.6) is 0 Å². The Bertz CT molecular complexity index is 650. The zero-order chi connectivity index (χ0) is 18.7. The Balaban J connectivity index is 1.59. The van der Waals surface area contributed by atoms with Crippen LogP contribution in [0.15, 0.2) is 6.20 Å². The van der Waals surface area contributed by atoms with Crippen LogP contribution in [0, 0.1) is 5.92 Å². The van der Waals surface area contributed by atoms with Crippen LogP contribution in [0.25, 0.3) is 0 Å². The first-order valence-electron chi connectivity index (χ1n) is 9.57. The molecule has 1 aromatic heterocycles. The molecule has 0 aromatic carbocycles. The number of carbonyl (C=O) groups is 2. The average Bonchev–Trinajstić information content (AvgIpc) is 3.33. The van der Waals surface area contributed by atoms with Crippen molar-refractivity contribution >= 4 is 11.8 Å². The largest absolute Gasteiger partial charge is 0.358 e. The van der Waals surface area contributed by atoms with E-state index >= 15 is 0 Å². The molecule has 0 bridgehead atoms. The van der Waals surface area contributed by atoms with Crippen LogP contribution >= 0.6 is 0 Å². The highest BCUT2D eigenvalue weighted by Gasteiger charge is 2.33. The molecule has 0 spiro atoms. The highest BCUT2D eigenvalue weighted by Crippen LogP contribution is 2.28. The molecule has 2 heterocycles. The van der Waals surface area contributed by atoms with E-state index in [2.05, 4.69) is 26.3 Å². The molecule has 1 saturated heterocycles. The number of aromatic nitrogens is 3. The van der Waals surface area contributed by atoms with E-state index in [1.54, 1.807) is 11.7 Å². The van der Waals surface area contributed by atoms with Gasteiger partial charge in [0.05, 0.1) is 23.8 Å². The first-order chi connectivity index (χ1) is 12.4. The van der Waals surface area contributed by atoms with Gasteiger partial charge in [0, 0.05) is 20.0 Å². The summed E-state index contributed by atoms with van der Waals surface area (Å²) in [5, 5.41) is 17.5. The van der Waals surface area contributed by atoms with Crippen molar-refractivity contribution in [2.75, 3.05) is 13.6 Å². The second-order valence-corrected chi connectivity index (χ2v) is 8.08. The summed E-state index contributed by atoms with van der Waals surface area (Å²) in [7, 11) is 1.64. The lowest BCUT2D eigenvalue weighted by atomic mass is 9.99. The molecule has 0 unspecified atom stereocenters. The molecule has 8 nitrogen and oxygen atoms in total. The highest BCUT2D eigenvalue weighted by atomic mass is 16.2. The maximum Gasteiger partial charge on any atom is 0.236 e. The Hall–Kier alpha value is -1.96. The Kier molecular flexibility index (Phi) is 5.60. The number of nitrogens with one attached hydrogen (secondary N) is 3. The Morgan fingerprint density at radius 2 is 2.08 bits per heavy atom. The lowest BCUT2D eigenvalue weighted by molar-refractivity contribution is -0.124. The summed E-state index contributed by atoms with van der Waals surface area (Å²) in [4.78, 5) is 24.1. The SMILES string of the molecule is CNC(=O)[C@@H]1C[C@@H](n2cc(C(C)(C)NC(=O)CC3CCCC3)nn2)CN1. The second-order valence-electron chi connectivity index (χ2n) is 8.08. The van der Waals surface area contributed by atoms with Crippen LogP contribution in [-0.2, 0) is 15.1 Å². The van der Waals surface area contributed by atoms with Crippen molar-refractivity contribution in [2.45, 2.75) is 70.0 Å². The number of nitrogens with zero attached hydrogens (tertiary/aromatic N) is 3. The molecule has 3 N–H and O–H groups in total. The Morgan fingerprint density at radius 1 is 1.35 bits per heavy atom. The van der Waals surface area contributed by atoms with Crippen molar-refractivity contribution < 1.29 is 9.59 Å². The Labute approximate surface area is 154 Å². The molecule has 3 rings (SSSR count). The maximum atomic E-state index is 12.4. The lowest BCUT2D eigenvalue weighted by Gasteiger charge is -2.24. The van der Waals surface area contributed by atoms with E-state index in [4.69, 9.17) is 0 Å². The summed E-state index contributed by atoms with van der Waals surface area (Å²) in [6.45, 7) is 4.58. The van der Waals surface area contributed by atoms with Gasteiger partial charge in [-0.1, -0.05) is 18.1 Å². The smallest absolute Gasteiger partial charge is 0.236 e. The maximum absolute atomic E-state index is 12.4. The van der Waals surface area contributed by atoms with Gasteiger partial charge >= 0.3 is 0 Å². The van der Waals surface area contributed by atoms with Gasteiger partial charge in [0.1, 0.15) is 5.69 Å². The Morgan fingerprint density at radius 3 is 2.77 bits per heavy atom. The van der Waals surface area contributed by atoms with Crippen molar-refractivity contribution in [1.82, 2.24) is 30.9 Å². The number of carbonyl (C=O) groups excluding carboxylic acids is 2. The fourth-order valence-electron chi connectivity index (χ4n) is 3.97. The first kappa shape index (κ1) is 18.8. The van der Waals surface area contributed by atoms with Crippen molar-refractivity contribution in [3.63, 3.8) is 0 Å². The number of amides is 2. The summed E-state index contributed by atoms with van der Waals surface area (Å²) >= 11 is 0.